The molecule has 0 aliphatic rings. The van der Waals surface area contributed by atoms with Crippen molar-refractivity contribution in [2.75, 3.05) is 25.3 Å². The van der Waals surface area contributed by atoms with Crippen LogP contribution >= 0.6 is 28.3 Å². The van der Waals surface area contributed by atoms with Gasteiger partial charge in [0.1, 0.15) is 0 Å². The maximum absolute atomic E-state index is 11.3. The zero-order valence-electron chi connectivity index (χ0n) is 5.53. The van der Waals surface area contributed by atoms with Crippen LogP contribution in [0.25, 0.3) is 0 Å². The van der Waals surface area contributed by atoms with E-state index in [1.54, 1.807) is 0 Å². The van der Waals surface area contributed by atoms with Crippen molar-refractivity contribution in [3.8, 4) is 0 Å². The van der Waals surface area contributed by atoms with Gasteiger partial charge in [-0.1, -0.05) is 22.8 Å². The summed E-state index contributed by atoms with van der Waals surface area (Å²) in [7, 11) is 0. The van der Waals surface area contributed by atoms with E-state index in [0.717, 1.165) is 0 Å². The molecule has 0 rings (SSSR count). The Morgan fingerprint density at radius 3 is 2.00 bits per heavy atom. The van der Waals surface area contributed by atoms with Crippen LogP contribution in [-0.2, 0) is 4.57 Å². The van der Waals surface area contributed by atoms with Gasteiger partial charge in [0.25, 0.3) is 0 Å². The molecule has 0 amide bonds. The zero-order chi connectivity index (χ0) is 7.33. The molecule has 0 aliphatic heterocycles. The van der Waals surface area contributed by atoms with Crippen molar-refractivity contribution in [1.82, 2.24) is 0 Å². The highest BCUT2D eigenvalue weighted by molar-refractivity contribution is 8.90. The molecule has 0 aromatic carbocycles. The number of hydrogen-bond donors (Lipinski definition) is 1. The highest BCUT2D eigenvalue weighted by Gasteiger charge is 2.17. The Balaban J connectivity index is 3.78. The van der Waals surface area contributed by atoms with Crippen LogP contribution in [0, 0.1) is 0 Å². The van der Waals surface area contributed by atoms with E-state index in [0.29, 0.717) is 6.16 Å². The third kappa shape index (κ3) is 3.56. The van der Waals surface area contributed by atoms with E-state index >= 15 is 0 Å². The average molecular weight is 186 g/mol. The van der Waals surface area contributed by atoms with Gasteiger partial charge >= 0.3 is 0 Å². The third-order valence-corrected chi connectivity index (χ3v) is 9.91. The molecule has 0 saturated heterocycles. The molecule has 2 nitrogen and oxygen atoms in total. The van der Waals surface area contributed by atoms with E-state index in [1.807, 2.05) is 12.5 Å². The van der Waals surface area contributed by atoms with Gasteiger partial charge in [-0.2, -0.15) is 0 Å². The number of rotatable bonds is 4. The summed E-state index contributed by atoms with van der Waals surface area (Å²) in [6.45, 7) is 0.0267. The fourth-order valence-electron chi connectivity index (χ4n) is 0.380. The van der Waals surface area contributed by atoms with Crippen molar-refractivity contribution in [3.05, 3.63) is 0 Å². The molecule has 56 valence electrons. The van der Waals surface area contributed by atoms with Crippen LogP contribution < -0.4 is 0 Å². The standard InChI is InChI=1S/C4H11O2PS2/c1-8-7(6,9-2)4-3-5/h5H,3-4H2,1-2H3. The number of aliphatic hydroxyl groups excluding tert-OH is 1. The minimum atomic E-state index is -2.10. The van der Waals surface area contributed by atoms with Crippen LogP contribution in [0.3, 0.4) is 0 Å². The second kappa shape index (κ2) is 4.67. The summed E-state index contributed by atoms with van der Waals surface area (Å²) >= 11 is 2.71. The largest absolute Gasteiger partial charge is 0.396 e. The lowest BCUT2D eigenvalue weighted by Crippen LogP contribution is -1.87. The summed E-state index contributed by atoms with van der Waals surface area (Å²) in [4.78, 5) is 0. The highest BCUT2D eigenvalue weighted by atomic mass is 33.1. The van der Waals surface area contributed by atoms with Gasteiger partial charge in [0.2, 0.25) is 0 Å². The van der Waals surface area contributed by atoms with Gasteiger partial charge in [-0.05, 0) is 12.5 Å². The van der Waals surface area contributed by atoms with Gasteiger partial charge in [-0.3, -0.25) is 0 Å². The van der Waals surface area contributed by atoms with Gasteiger partial charge < -0.3 is 9.67 Å². The maximum atomic E-state index is 11.3. The molecular weight excluding hydrogens is 175 g/mol. The first-order chi connectivity index (χ1) is 4.18. The Morgan fingerprint density at radius 2 is 1.89 bits per heavy atom. The van der Waals surface area contributed by atoms with Gasteiger partial charge in [0.05, 0.1) is 6.61 Å². The van der Waals surface area contributed by atoms with E-state index in [4.69, 9.17) is 5.11 Å². The molecule has 1 N–H and O–H groups in total. The van der Waals surface area contributed by atoms with Crippen LogP contribution in [0.5, 0.6) is 0 Å². The molecule has 0 atom stereocenters. The minimum absolute atomic E-state index is 0.0267. The van der Waals surface area contributed by atoms with Crippen molar-refractivity contribution in [3.63, 3.8) is 0 Å². The molecule has 0 aromatic rings. The zero-order valence-corrected chi connectivity index (χ0v) is 8.06. The summed E-state index contributed by atoms with van der Waals surface area (Å²) in [6, 6.07) is 0. The monoisotopic (exact) mass is 186 g/mol. The quantitative estimate of drug-likeness (QED) is 0.680. The summed E-state index contributed by atoms with van der Waals surface area (Å²) in [5.74, 6) is 0. The molecule has 0 aliphatic carbocycles. The molecule has 0 unspecified atom stereocenters. The van der Waals surface area contributed by atoms with Crippen molar-refractivity contribution in [2.45, 2.75) is 0 Å². The lowest BCUT2D eigenvalue weighted by atomic mass is 10.9. The summed E-state index contributed by atoms with van der Waals surface area (Å²) in [5.41, 5.74) is -2.10. The normalized spacial score (nSPS) is 11.9. The lowest BCUT2D eigenvalue weighted by molar-refractivity contribution is 0.320. The van der Waals surface area contributed by atoms with Crippen LogP contribution in [-0.4, -0.2) is 30.4 Å². The van der Waals surface area contributed by atoms with Crippen LogP contribution in [0.15, 0.2) is 0 Å². The molecule has 0 fully saturated rings. The lowest BCUT2D eigenvalue weighted by Gasteiger charge is -2.08. The van der Waals surface area contributed by atoms with Gasteiger partial charge in [0, 0.05) is 6.16 Å². The van der Waals surface area contributed by atoms with Gasteiger partial charge in [-0.15, -0.1) is 0 Å². The van der Waals surface area contributed by atoms with Crippen LogP contribution in [0.1, 0.15) is 0 Å². The van der Waals surface area contributed by atoms with E-state index in [9.17, 15) is 4.57 Å². The second-order valence-electron chi connectivity index (χ2n) is 1.42. The maximum Gasteiger partial charge on any atom is 0.192 e. The number of hydrogen-bond acceptors (Lipinski definition) is 4. The summed E-state index contributed by atoms with van der Waals surface area (Å²) in [6.07, 6.45) is 4.05. The second-order valence-corrected chi connectivity index (χ2v) is 10.2. The molecule has 0 bridgehead atoms. The van der Waals surface area contributed by atoms with E-state index in [-0.39, 0.29) is 6.61 Å². The molecular formula is C4H11O2PS2. The molecule has 0 spiro atoms. The fraction of sp³-hybridized carbons (Fsp3) is 1.00. The van der Waals surface area contributed by atoms with E-state index in [2.05, 4.69) is 0 Å². The molecule has 9 heavy (non-hydrogen) atoms. The van der Waals surface area contributed by atoms with Crippen LogP contribution in [0.4, 0.5) is 0 Å². The smallest absolute Gasteiger partial charge is 0.192 e. The highest BCUT2D eigenvalue weighted by Crippen LogP contribution is 2.66. The topological polar surface area (TPSA) is 37.3 Å². The molecule has 0 saturated carbocycles. The SMILES string of the molecule is CSP(=O)(CCO)SC. The van der Waals surface area contributed by atoms with Crippen molar-refractivity contribution in [2.24, 2.45) is 0 Å². The first-order valence-corrected chi connectivity index (χ1v) is 8.05. The van der Waals surface area contributed by atoms with Crippen molar-refractivity contribution in [1.29, 1.82) is 0 Å². The molecule has 0 heterocycles. The predicted molar refractivity (Wildman–Crippen MR) is 46.6 cm³/mol. The first kappa shape index (κ1) is 9.89. The molecule has 0 aromatic heterocycles. The van der Waals surface area contributed by atoms with E-state index < -0.39 is 5.55 Å². The Hall–Kier alpha value is 0.890. The van der Waals surface area contributed by atoms with Crippen molar-refractivity contribution >= 4 is 28.3 Å². The van der Waals surface area contributed by atoms with Gasteiger partial charge in [-0.25, -0.2) is 0 Å². The van der Waals surface area contributed by atoms with Crippen LogP contribution in [0.2, 0.25) is 0 Å². The Labute approximate surface area is 63.7 Å². The first-order valence-electron chi connectivity index (χ1n) is 2.50. The molecule has 0 radical (unpaired) electrons. The van der Waals surface area contributed by atoms with E-state index in [1.165, 1.54) is 22.8 Å². The Morgan fingerprint density at radius 1 is 1.44 bits per heavy atom. The average Bonchev–Trinajstić information content (AvgIpc) is 1.89. The Bertz CT molecular complexity index is 109. The Kier molecular flexibility index (Phi) is 5.13. The fourth-order valence-corrected chi connectivity index (χ4v) is 4.51. The predicted octanol–water partition coefficient (Wildman–Crippen LogP) is 1.90. The minimum Gasteiger partial charge on any atom is -0.396 e. The molecule has 5 heteroatoms. The summed E-state index contributed by atoms with van der Waals surface area (Å²) < 4.78 is 11.3. The van der Waals surface area contributed by atoms with Gasteiger partial charge in [0.15, 0.2) is 5.55 Å². The third-order valence-electron chi connectivity index (χ3n) is 0.930. The summed E-state index contributed by atoms with van der Waals surface area (Å²) in [5, 5.41) is 8.47. The number of aliphatic hydroxyl groups is 1. The van der Waals surface area contributed by atoms with Crippen molar-refractivity contribution < 1.29 is 9.67 Å².